The molecule has 0 aromatic carbocycles. The molecule has 0 N–H and O–H groups in total. The summed E-state index contributed by atoms with van der Waals surface area (Å²) in [5, 5.41) is 4.42. The maximum atomic E-state index is 6.08. The van der Waals surface area contributed by atoms with Gasteiger partial charge in [-0.05, 0) is 52.5 Å². The smallest absolute Gasteiger partial charge is 0.404 e. The molecule has 2 saturated heterocycles. The zero-order valence-electron chi connectivity index (χ0n) is 12.5. The molecular weight excluding hydrogens is 255 g/mol. The average molecular weight is 278 g/mol. The van der Waals surface area contributed by atoms with Gasteiger partial charge >= 0.3 is 7.12 Å². The lowest BCUT2D eigenvalue weighted by molar-refractivity contribution is -0.0427. The fraction of sp³-hybridized carbons (Fsp3) is 0.786. The van der Waals surface area contributed by atoms with Gasteiger partial charge in [-0.2, -0.15) is 5.10 Å². The van der Waals surface area contributed by atoms with Crippen molar-refractivity contribution in [3.8, 4) is 0 Å². The van der Waals surface area contributed by atoms with E-state index in [9.17, 15) is 0 Å². The van der Waals surface area contributed by atoms with Crippen LogP contribution in [0.3, 0.4) is 0 Å². The Balaban J connectivity index is 1.81. The lowest BCUT2D eigenvalue weighted by atomic mass is 9.79. The van der Waals surface area contributed by atoms with Crippen molar-refractivity contribution in [3.05, 3.63) is 12.3 Å². The van der Waals surface area contributed by atoms with Crippen molar-refractivity contribution in [2.45, 2.75) is 64.4 Å². The Bertz CT molecular complexity index is 457. The van der Waals surface area contributed by atoms with Gasteiger partial charge in [-0.3, -0.25) is 0 Å². The minimum absolute atomic E-state index is 0.0151. The SMILES string of the molecule is C[C@@H]1CC(C)(C)OB(c2ccnn2[C@@H]2CCCCO2)O1. The lowest BCUT2D eigenvalue weighted by Gasteiger charge is -2.38. The van der Waals surface area contributed by atoms with E-state index in [2.05, 4.69) is 25.9 Å². The van der Waals surface area contributed by atoms with Crippen molar-refractivity contribution in [3.63, 3.8) is 0 Å². The van der Waals surface area contributed by atoms with Crippen LogP contribution in [-0.2, 0) is 14.0 Å². The minimum atomic E-state index is -0.359. The van der Waals surface area contributed by atoms with E-state index >= 15 is 0 Å². The van der Waals surface area contributed by atoms with E-state index in [0.717, 1.165) is 31.5 Å². The van der Waals surface area contributed by atoms with Crippen LogP contribution >= 0.6 is 0 Å². The van der Waals surface area contributed by atoms with Gasteiger partial charge in [0.05, 0.1) is 11.2 Å². The first-order valence-corrected chi connectivity index (χ1v) is 7.53. The van der Waals surface area contributed by atoms with E-state index in [1.165, 1.54) is 6.42 Å². The predicted molar refractivity (Wildman–Crippen MR) is 76.8 cm³/mol. The molecule has 3 heterocycles. The third kappa shape index (κ3) is 2.92. The summed E-state index contributed by atoms with van der Waals surface area (Å²) < 4.78 is 19.8. The molecule has 6 heteroatoms. The van der Waals surface area contributed by atoms with Crippen molar-refractivity contribution in [1.29, 1.82) is 0 Å². The summed E-state index contributed by atoms with van der Waals surface area (Å²) in [6.07, 6.45) is 6.21. The van der Waals surface area contributed by atoms with Crippen molar-refractivity contribution in [1.82, 2.24) is 9.78 Å². The van der Waals surface area contributed by atoms with Crippen LogP contribution in [0.5, 0.6) is 0 Å². The molecule has 0 unspecified atom stereocenters. The summed E-state index contributed by atoms with van der Waals surface area (Å²) in [6, 6.07) is 1.97. The average Bonchev–Trinajstić information content (AvgIpc) is 2.86. The van der Waals surface area contributed by atoms with Crippen LogP contribution in [0.25, 0.3) is 0 Å². The third-order valence-electron chi connectivity index (χ3n) is 3.93. The number of aromatic nitrogens is 2. The van der Waals surface area contributed by atoms with Gasteiger partial charge in [0.15, 0.2) is 0 Å². The Morgan fingerprint density at radius 1 is 1.40 bits per heavy atom. The molecule has 0 spiro atoms. The zero-order chi connectivity index (χ0) is 14.2. The maximum absolute atomic E-state index is 6.08. The number of ether oxygens (including phenoxy) is 1. The lowest BCUT2D eigenvalue weighted by Crippen LogP contribution is -2.54. The molecular formula is C14H23BN2O3. The van der Waals surface area contributed by atoms with Crippen molar-refractivity contribution < 1.29 is 14.0 Å². The highest BCUT2D eigenvalue weighted by Crippen LogP contribution is 2.27. The number of hydrogen-bond donors (Lipinski definition) is 0. The molecule has 2 aliphatic heterocycles. The van der Waals surface area contributed by atoms with Crippen LogP contribution in [0, 0.1) is 0 Å². The summed E-state index contributed by atoms with van der Waals surface area (Å²) in [5.74, 6) is 0. The van der Waals surface area contributed by atoms with Crippen LogP contribution in [0.4, 0.5) is 0 Å². The van der Waals surface area contributed by atoms with Crippen LogP contribution in [0.2, 0.25) is 0 Å². The van der Waals surface area contributed by atoms with Crippen LogP contribution < -0.4 is 5.59 Å². The Kier molecular flexibility index (Phi) is 3.88. The number of hydrogen-bond acceptors (Lipinski definition) is 4. The molecule has 2 fully saturated rings. The molecule has 0 bridgehead atoms. The number of nitrogens with zero attached hydrogens (tertiary/aromatic N) is 2. The second-order valence-corrected chi connectivity index (χ2v) is 6.38. The molecule has 20 heavy (non-hydrogen) atoms. The molecule has 5 nitrogen and oxygen atoms in total. The van der Waals surface area contributed by atoms with E-state index < -0.39 is 0 Å². The van der Waals surface area contributed by atoms with Crippen molar-refractivity contribution in [2.75, 3.05) is 6.61 Å². The van der Waals surface area contributed by atoms with E-state index in [-0.39, 0.29) is 25.1 Å². The molecule has 1 aromatic heterocycles. The van der Waals surface area contributed by atoms with Crippen LogP contribution in [0.1, 0.15) is 52.7 Å². The van der Waals surface area contributed by atoms with Gasteiger partial charge in [0.2, 0.25) is 0 Å². The minimum Gasteiger partial charge on any atom is -0.404 e. The Morgan fingerprint density at radius 2 is 2.25 bits per heavy atom. The van der Waals surface area contributed by atoms with E-state index in [0.29, 0.717) is 0 Å². The Hall–Kier alpha value is -0.845. The second kappa shape index (κ2) is 5.50. The summed E-state index contributed by atoms with van der Waals surface area (Å²) in [6.45, 7) is 7.11. The molecule has 110 valence electrons. The molecule has 0 amide bonds. The number of rotatable bonds is 2. The molecule has 0 aliphatic carbocycles. The molecule has 0 radical (unpaired) electrons. The molecule has 2 aliphatic rings. The zero-order valence-corrected chi connectivity index (χ0v) is 12.5. The fourth-order valence-corrected chi connectivity index (χ4v) is 3.12. The van der Waals surface area contributed by atoms with Crippen LogP contribution in [0.15, 0.2) is 12.3 Å². The van der Waals surface area contributed by atoms with Gasteiger partial charge in [-0.15, -0.1) is 0 Å². The summed E-state index contributed by atoms with van der Waals surface area (Å²) >= 11 is 0. The first kappa shape index (κ1) is 14.1. The van der Waals surface area contributed by atoms with Gasteiger partial charge in [0, 0.05) is 18.9 Å². The van der Waals surface area contributed by atoms with E-state index in [1.54, 1.807) is 6.20 Å². The van der Waals surface area contributed by atoms with Gasteiger partial charge in [-0.25, -0.2) is 4.68 Å². The Labute approximate surface area is 120 Å². The van der Waals surface area contributed by atoms with Gasteiger partial charge in [0.1, 0.15) is 6.23 Å². The monoisotopic (exact) mass is 278 g/mol. The normalized spacial score (nSPS) is 30.4. The quantitative estimate of drug-likeness (QED) is 0.775. The Morgan fingerprint density at radius 3 is 2.95 bits per heavy atom. The second-order valence-electron chi connectivity index (χ2n) is 6.38. The fourth-order valence-electron chi connectivity index (χ4n) is 3.12. The van der Waals surface area contributed by atoms with E-state index in [4.69, 9.17) is 14.0 Å². The summed E-state index contributed by atoms with van der Waals surface area (Å²) in [4.78, 5) is 0. The highest BCUT2D eigenvalue weighted by molar-refractivity contribution is 6.60. The van der Waals surface area contributed by atoms with Gasteiger partial charge in [-0.1, -0.05) is 0 Å². The molecule has 2 atom stereocenters. The highest BCUT2D eigenvalue weighted by Gasteiger charge is 2.40. The highest BCUT2D eigenvalue weighted by atomic mass is 16.6. The van der Waals surface area contributed by atoms with Crippen molar-refractivity contribution in [2.24, 2.45) is 0 Å². The van der Waals surface area contributed by atoms with Crippen molar-refractivity contribution >= 4 is 12.7 Å². The van der Waals surface area contributed by atoms with Gasteiger partial charge in [0.25, 0.3) is 0 Å². The first-order chi connectivity index (χ1) is 9.55. The summed E-state index contributed by atoms with van der Waals surface area (Å²) in [7, 11) is -0.359. The molecule has 0 saturated carbocycles. The van der Waals surface area contributed by atoms with Crippen LogP contribution in [-0.4, -0.2) is 35.2 Å². The third-order valence-corrected chi connectivity index (χ3v) is 3.93. The predicted octanol–water partition coefficient (Wildman–Crippen LogP) is 1.88. The largest absolute Gasteiger partial charge is 0.513 e. The van der Waals surface area contributed by atoms with Gasteiger partial charge < -0.3 is 14.0 Å². The maximum Gasteiger partial charge on any atom is 0.513 e. The van der Waals surface area contributed by atoms with E-state index in [1.807, 2.05) is 10.7 Å². The summed E-state index contributed by atoms with van der Waals surface area (Å²) in [5.41, 5.74) is 0.779. The molecule has 1 aromatic rings. The molecule has 3 rings (SSSR count). The standard InChI is InChI=1S/C14H23BN2O3/c1-11-10-14(2,3)20-15(19-11)12-7-8-16-17(12)13-6-4-5-9-18-13/h7-8,11,13H,4-6,9-10H2,1-3H3/t11-,13+/m1/s1. The first-order valence-electron chi connectivity index (χ1n) is 7.53. The topological polar surface area (TPSA) is 45.5 Å².